The first kappa shape index (κ1) is 9.62. The molecule has 0 aliphatic heterocycles. The molecule has 0 unspecified atom stereocenters. The second kappa shape index (κ2) is 3.50. The number of thiol groups is 1. The molecule has 0 heterocycles. The van der Waals surface area contributed by atoms with Crippen molar-refractivity contribution in [1.82, 2.24) is 0 Å². The maximum absolute atomic E-state index is 4.24. The highest BCUT2D eigenvalue weighted by Crippen LogP contribution is 2.10. The smallest absolute Gasteiger partial charge is 0.104 e. The summed E-state index contributed by atoms with van der Waals surface area (Å²) < 4.78 is 0.964. The normalized spacial score (nSPS) is 11.7. The second-order valence-corrected chi connectivity index (χ2v) is 4.63. The SMILES string of the molecule is C[N+](C)(C)Cc1ccc(S)cc1. The van der Waals surface area contributed by atoms with Gasteiger partial charge in [-0.3, -0.25) is 0 Å². The minimum Gasteiger partial charge on any atom is -0.327 e. The van der Waals surface area contributed by atoms with Crippen LogP contribution < -0.4 is 0 Å². The zero-order valence-corrected chi connectivity index (χ0v) is 8.81. The minimum absolute atomic E-state index is 0.964. The summed E-state index contributed by atoms with van der Waals surface area (Å²) in [4.78, 5) is 1.03. The van der Waals surface area contributed by atoms with Gasteiger partial charge >= 0.3 is 0 Å². The minimum atomic E-state index is 0.964. The Balaban J connectivity index is 2.71. The molecule has 0 spiro atoms. The van der Waals surface area contributed by atoms with E-state index in [-0.39, 0.29) is 0 Å². The Labute approximate surface area is 80.0 Å². The molecule has 0 fully saturated rings. The van der Waals surface area contributed by atoms with Gasteiger partial charge in [-0.05, 0) is 12.1 Å². The Morgan fingerprint density at radius 3 is 2.00 bits per heavy atom. The Morgan fingerprint density at radius 1 is 1.08 bits per heavy atom. The number of nitrogens with zero attached hydrogens (tertiary/aromatic N) is 1. The van der Waals surface area contributed by atoms with Gasteiger partial charge < -0.3 is 4.48 Å². The van der Waals surface area contributed by atoms with Crippen molar-refractivity contribution in [2.24, 2.45) is 0 Å². The van der Waals surface area contributed by atoms with Crippen LogP contribution in [0.25, 0.3) is 0 Å². The van der Waals surface area contributed by atoms with Gasteiger partial charge in [0.25, 0.3) is 0 Å². The fourth-order valence-corrected chi connectivity index (χ4v) is 1.30. The molecule has 0 saturated carbocycles. The lowest BCUT2D eigenvalue weighted by molar-refractivity contribution is -0.884. The summed E-state index contributed by atoms with van der Waals surface area (Å²) in [6.07, 6.45) is 0. The molecule has 0 amide bonds. The Morgan fingerprint density at radius 2 is 1.58 bits per heavy atom. The lowest BCUT2D eigenvalue weighted by Gasteiger charge is -2.23. The highest BCUT2D eigenvalue weighted by molar-refractivity contribution is 7.80. The maximum atomic E-state index is 4.24. The molecule has 0 saturated heterocycles. The van der Waals surface area contributed by atoms with Crippen LogP contribution in [0.15, 0.2) is 29.2 Å². The van der Waals surface area contributed by atoms with Crippen molar-refractivity contribution in [2.75, 3.05) is 21.1 Å². The summed E-state index contributed by atoms with van der Waals surface area (Å²) in [7, 11) is 6.57. The van der Waals surface area contributed by atoms with Gasteiger partial charge in [-0.1, -0.05) is 12.1 Å². The molecular weight excluding hydrogens is 166 g/mol. The van der Waals surface area contributed by atoms with Gasteiger partial charge in [0.2, 0.25) is 0 Å². The summed E-state index contributed by atoms with van der Waals surface area (Å²) in [5.41, 5.74) is 1.36. The van der Waals surface area contributed by atoms with Gasteiger partial charge in [-0.2, -0.15) is 0 Å². The second-order valence-electron chi connectivity index (χ2n) is 4.11. The van der Waals surface area contributed by atoms with Gasteiger partial charge in [-0.25, -0.2) is 0 Å². The van der Waals surface area contributed by atoms with Crippen molar-refractivity contribution in [3.63, 3.8) is 0 Å². The fourth-order valence-electron chi connectivity index (χ4n) is 1.15. The third-order valence-electron chi connectivity index (χ3n) is 1.59. The molecule has 0 aliphatic rings. The van der Waals surface area contributed by atoms with E-state index in [1.165, 1.54) is 5.56 Å². The van der Waals surface area contributed by atoms with Crippen molar-refractivity contribution in [2.45, 2.75) is 11.4 Å². The maximum Gasteiger partial charge on any atom is 0.104 e. The zero-order chi connectivity index (χ0) is 9.19. The quantitative estimate of drug-likeness (QED) is 0.526. The van der Waals surface area contributed by atoms with Crippen LogP contribution in [0.1, 0.15) is 5.56 Å². The Hall–Kier alpha value is -0.470. The average molecular weight is 182 g/mol. The topological polar surface area (TPSA) is 0 Å². The van der Waals surface area contributed by atoms with E-state index in [9.17, 15) is 0 Å². The predicted octanol–water partition coefficient (Wildman–Crippen LogP) is 2.18. The number of hydrogen-bond donors (Lipinski definition) is 1. The summed E-state index contributed by atoms with van der Waals surface area (Å²) in [5.74, 6) is 0. The highest BCUT2D eigenvalue weighted by atomic mass is 32.1. The zero-order valence-electron chi connectivity index (χ0n) is 7.91. The molecule has 2 heteroatoms. The molecule has 1 aromatic carbocycles. The average Bonchev–Trinajstić information content (AvgIpc) is 1.91. The molecule has 0 N–H and O–H groups in total. The van der Waals surface area contributed by atoms with E-state index in [2.05, 4.69) is 45.9 Å². The standard InChI is InChI=1S/C10H15NS/c1-11(2,3)8-9-4-6-10(12)7-5-9/h4-7H,8H2,1-3H3/p+1. The Bertz CT molecular complexity index is 246. The molecule has 1 aromatic rings. The van der Waals surface area contributed by atoms with Gasteiger partial charge in [0.1, 0.15) is 6.54 Å². The van der Waals surface area contributed by atoms with Crippen LogP contribution in [0.2, 0.25) is 0 Å². The first-order valence-corrected chi connectivity index (χ1v) is 4.50. The van der Waals surface area contributed by atoms with Crippen LogP contribution in [-0.4, -0.2) is 25.6 Å². The predicted molar refractivity (Wildman–Crippen MR) is 55.4 cm³/mol. The van der Waals surface area contributed by atoms with Crippen LogP contribution in [0.5, 0.6) is 0 Å². The van der Waals surface area contributed by atoms with Crippen molar-refractivity contribution < 1.29 is 4.48 Å². The van der Waals surface area contributed by atoms with Gasteiger partial charge in [0.05, 0.1) is 21.1 Å². The number of benzene rings is 1. The van der Waals surface area contributed by atoms with Crippen LogP contribution in [-0.2, 0) is 6.54 Å². The molecule has 0 aromatic heterocycles. The molecule has 0 aliphatic carbocycles. The molecule has 66 valence electrons. The van der Waals surface area contributed by atoms with Gasteiger partial charge in [0.15, 0.2) is 0 Å². The number of quaternary nitrogens is 1. The monoisotopic (exact) mass is 182 g/mol. The third kappa shape index (κ3) is 3.28. The summed E-state index contributed by atoms with van der Waals surface area (Å²) in [6, 6.07) is 8.33. The molecule has 0 atom stereocenters. The van der Waals surface area contributed by atoms with Crippen molar-refractivity contribution in [3.8, 4) is 0 Å². The molecule has 0 radical (unpaired) electrons. The molecular formula is C10H16NS+. The van der Waals surface area contributed by atoms with Crippen LogP contribution in [0.3, 0.4) is 0 Å². The molecule has 1 rings (SSSR count). The lowest BCUT2D eigenvalue weighted by Crippen LogP contribution is -2.33. The van der Waals surface area contributed by atoms with Crippen molar-refractivity contribution >= 4 is 12.6 Å². The van der Waals surface area contributed by atoms with E-state index in [1.54, 1.807) is 0 Å². The third-order valence-corrected chi connectivity index (χ3v) is 1.89. The van der Waals surface area contributed by atoms with E-state index < -0.39 is 0 Å². The van der Waals surface area contributed by atoms with Crippen LogP contribution >= 0.6 is 12.6 Å². The molecule has 0 bridgehead atoms. The largest absolute Gasteiger partial charge is 0.327 e. The fraction of sp³-hybridized carbons (Fsp3) is 0.400. The van der Waals surface area contributed by atoms with E-state index in [0.717, 1.165) is 15.9 Å². The lowest BCUT2D eigenvalue weighted by atomic mass is 10.2. The first-order valence-electron chi connectivity index (χ1n) is 4.06. The van der Waals surface area contributed by atoms with E-state index >= 15 is 0 Å². The number of hydrogen-bond acceptors (Lipinski definition) is 1. The van der Waals surface area contributed by atoms with Crippen molar-refractivity contribution in [1.29, 1.82) is 0 Å². The Kier molecular flexibility index (Phi) is 2.80. The van der Waals surface area contributed by atoms with Crippen LogP contribution in [0, 0.1) is 0 Å². The van der Waals surface area contributed by atoms with Crippen LogP contribution in [0.4, 0.5) is 0 Å². The molecule has 12 heavy (non-hydrogen) atoms. The van der Waals surface area contributed by atoms with E-state index in [1.807, 2.05) is 12.1 Å². The van der Waals surface area contributed by atoms with Crippen molar-refractivity contribution in [3.05, 3.63) is 29.8 Å². The van der Waals surface area contributed by atoms with E-state index in [0.29, 0.717) is 0 Å². The highest BCUT2D eigenvalue weighted by Gasteiger charge is 2.07. The van der Waals surface area contributed by atoms with Gasteiger partial charge in [0, 0.05) is 10.5 Å². The van der Waals surface area contributed by atoms with E-state index in [4.69, 9.17) is 0 Å². The summed E-state index contributed by atoms with van der Waals surface area (Å²) in [5, 5.41) is 0. The van der Waals surface area contributed by atoms with Gasteiger partial charge in [-0.15, -0.1) is 12.6 Å². The summed E-state index contributed by atoms with van der Waals surface area (Å²) >= 11 is 4.24. The summed E-state index contributed by atoms with van der Waals surface area (Å²) in [6.45, 7) is 1.06. The first-order chi connectivity index (χ1) is 5.47. The number of rotatable bonds is 2. The molecule has 1 nitrogen and oxygen atoms in total.